The van der Waals surface area contributed by atoms with Crippen molar-refractivity contribution in [2.24, 2.45) is 4.99 Å². The fourth-order valence-electron chi connectivity index (χ4n) is 2.25. The van der Waals surface area contributed by atoms with Gasteiger partial charge in [-0.15, -0.1) is 0 Å². The quantitative estimate of drug-likeness (QED) is 0.867. The van der Waals surface area contributed by atoms with Gasteiger partial charge in [0.15, 0.2) is 6.61 Å². The second-order valence-electron chi connectivity index (χ2n) is 4.89. The monoisotopic (exact) mass is 289 g/mol. The molecule has 1 amide bonds. The molecule has 0 saturated carbocycles. The molecule has 0 spiro atoms. The molecule has 21 heavy (non-hydrogen) atoms. The first-order valence-corrected chi connectivity index (χ1v) is 7.54. The topological polar surface area (TPSA) is 53.9 Å². The zero-order valence-electron chi connectivity index (χ0n) is 12.8. The van der Waals surface area contributed by atoms with Gasteiger partial charge in [0.25, 0.3) is 5.91 Å². The number of ether oxygens (including phenoxy) is 1. The van der Waals surface area contributed by atoms with Crippen molar-refractivity contribution < 1.29 is 9.53 Å². The highest BCUT2D eigenvalue weighted by atomic mass is 16.5. The maximum absolute atomic E-state index is 11.9. The van der Waals surface area contributed by atoms with Gasteiger partial charge in [-0.1, -0.05) is 0 Å². The van der Waals surface area contributed by atoms with E-state index < -0.39 is 0 Å². The maximum atomic E-state index is 11.9. The molecule has 2 rings (SSSR count). The first kappa shape index (κ1) is 15.4. The number of nitrogens with zero attached hydrogens (tertiary/aromatic N) is 2. The van der Waals surface area contributed by atoms with Crippen molar-refractivity contribution >= 4 is 11.7 Å². The molecule has 0 atom stereocenters. The van der Waals surface area contributed by atoms with Gasteiger partial charge in [-0.05, 0) is 44.5 Å². The van der Waals surface area contributed by atoms with Crippen molar-refractivity contribution in [3.63, 3.8) is 0 Å². The number of benzene rings is 1. The number of likely N-dealkylation sites (N-methyl/N-ethyl adjacent to an activating group) is 1. The van der Waals surface area contributed by atoms with E-state index in [2.05, 4.69) is 10.3 Å². The SMILES string of the molecule is CCN(CC)C(=O)COc1ccc(C2=NCCCN2)cc1. The number of carbonyl (C=O) groups is 1. The Labute approximate surface area is 126 Å². The highest BCUT2D eigenvalue weighted by molar-refractivity contribution is 5.99. The lowest BCUT2D eigenvalue weighted by atomic mass is 10.2. The normalized spacial score (nSPS) is 14.1. The third-order valence-electron chi connectivity index (χ3n) is 3.50. The first-order valence-electron chi connectivity index (χ1n) is 7.54. The Balaban J connectivity index is 1.90. The second-order valence-corrected chi connectivity index (χ2v) is 4.89. The molecule has 1 aliphatic heterocycles. The minimum Gasteiger partial charge on any atom is -0.484 e. The lowest BCUT2D eigenvalue weighted by molar-refractivity contribution is -0.132. The summed E-state index contributed by atoms with van der Waals surface area (Å²) in [5.74, 6) is 1.66. The summed E-state index contributed by atoms with van der Waals surface area (Å²) < 4.78 is 5.54. The van der Waals surface area contributed by atoms with Crippen LogP contribution in [0.4, 0.5) is 0 Å². The molecule has 0 bridgehead atoms. The Hall–Kier alpha value is -2.04. The molecule has 0 fully saturated rings. The Morgan fingerprint density at radius 3 is 2.57 bits per heavy atom. The van der Waals surface area contributed by atoms with Crippen molar-refractivity contribution in [1.29, 1.82) is 0 Å². The summed E-state index contributed by atoms with van der Waals surface area (Å²) in [4.78, 5) is 18.1. The van der Waals surface area contributed by atoms with Crippen molar-refractivity contribution in [3.8, 4) is 5.75 Å². The number of amides is 1. The van der Waals surface area contributed by atoms with Gasteiger partial charge >= 0.3 is 0 Å². The third kappa shape index (κ3) is 4.21. The molecule has 114 valence electrons. The number of nitrogens with one attached hydrogen (secondary N) is 1. The molecule has 0 unspecified atom stereocenters. The van der Waals surface area contributed by atoms with E-state index in [-0.39, 0.29) is 12.5 Å². The molecule has 1 aromatic rings. The molecular weight excluding hydrogens is 266 g/mol. The summed E-state index contributed by atoms with van der Waals surface area (Å²) >= 11 is 0. The van der Waals surface area contributed by atoms with Crippen LogP contribution in [0.2, 0.25) is 0 Å². The third-order valence-corrected chi connectivity index (χ3v) is 3.50. The van der Waals surface area contributed by atoms with E-state index in [0.717, 1.165) is 30.9 Å². The number of hydrogen-bond donors (Lipinski definition) is 1. The van der Waals surface area contributed by atoms with Gasteiger partial charge < -0.3 is 15.0 Å². The van der Waals surface area contributed by atoms with Crippen LogP contribution in [0.3, 0.4) is 0 Å². The van der Waals surface area contributed by atoms with E-state index in [9.17, 15) is 4.79 Å². The van der Waals surface area contributed by atoms with Crippen LogP contribution in [0.1, 0.15) is 25.8 Å². The van der Waals surface area contributed by atoms with Crippen molar-refractivity contribution in [1.82, 2.24) is 10.2 Å². The molecule has 0 aromatic heterocycles. The van der Waals surface area contributed by atoms with E-state index in [1.807, 2.05) is 38.1 Å². The fraction of sp³-hybridized carbons (Fsp3) is 0.500. The van der Waals surface area contributed by atoms with Gasteiger partial charge in [-0.25, -0.2) is 0 Å². The predicted octanol–water partition coefficient (Wildman–Crippen LogP) is 1.67. The zero-order chi connectivity index (χ0) is 15.1. The average molecular weight is 289 g/mol. The second kappa shape index (κ2) is 7.67. The van der Waals surface area contributed by atoms with Crippen LogP contribution in [0, 0.1) is 0 Å². The van der Waals surface area contributed by atoms with Crippen molar-refractivity contribution in [3.05, 3.63) is 29.8 Å². The highest BCUT2D eigenvalue weighted by Gasteiger charge is 2.11. The largest absolute Gasteiger partial charge is 0.484 e. The number of aliphatic imine (C=N–C) groups is 1. The Kier molecular flexibility index (Phi) is 5.60. The van der Waals surface area contributed by atoms with Crippen LogP contribution in [-0.2, 0) is 4.79 Å². The van der Waals surface area contributed by atoms with Crippen LogP contribution in [0.15, 0.2) is 29.3 Å². The van der Waals surface area contributed by atoms with Gasteiger partial charge in [-0.3, -0.25) is 9.79 Å². The number of hydrogen-bond acceptors (Lipinski definition) is 4. The minimum absolute atomic E-state index is 0.0161. The van der Waals surface area contributed by atoms with Crippen LogP contribution in [0.5, 0.6) is 5.75 Å². The molecule has 0 aliphatic carbocycles. The molecule has 1 N–H and O–H groups in total. The summed E-state index contributed by atoms with van der Waals surface area (Å²) in [6, 6.07) is 7.69. The predicted molar refractivity (Wildman–Crippen MR) is 83.9 cm³/mol. The van der Waals surface area contributed by atoms with Crippen LogP contribution >= 0.6 is 0 Å². The number of carbonyl (C=O) groups excluding carboxylic acids is 1. The smallest absolute Gasteiger partial charge is 0.260 e. The molecule has 5 heteroatoms. The molecule has 1 aliphatic rings. The Morgan fingerprint density at radius 2 is 2.00 bits per heavy atom. The van der Waals surface area contributed by atoms with E-state index in [1.165, 1.54) is 0 Å². The summed E-state index contributed by atoms with van der Waals surface area (Å²) in [5.41, 5.74) is 1.05. The van der Waals surface area contributed by atoms with Crippen molar-refractivity contribution in [2.45, 2.75) is 20.3 Å². The summed E-state index contributed by atoms with van der Waals surface area (Å²) in [7, 11) is 0. The van der Waals surface area contributed by atoms with E-state index >= 15 is 0 Å². The fourth-order valence-corrected chi connectivity index (χ4v) is 2.25. The van der Waals surface area contributed by atoms with Gasteiger partial charge in [0.2, 0.25) is 0 Å². The van der Waals surface area contributed by atoms with Crippen LogP contribution in [0.25, 0.3) is 0 Å². The van der Waals surface area contributed by atoms with Gasteiger partial charge in [0.05, 0.1) is 0 Å². The number of rotatable bonds is 6. The minimum atomic E-state index is 0.0161. The molecule has 1 heterocycles. The molecular formula is C16H23N3O2. The van der Waals surface area contributed by atoms with Gasteiger partial charge in [-0.2, -0.15) is 0 Å². The molecule has 0 saturated heterocycles. The molecule has 0 radical (unpaired) electrons. The lowest BCUT2D eigenvalue weighted by Gasteiger charge is -2.19. The van der Waals surface area contributed by atoms with E-state index in [1.54, 1.807) is 4.90 Å². The molecule has 1 aromatic carbocycles. The maximum Gasteiger partial charge on any atom is 0.260 e. The first-order chi connectivity index (χ1) is 10.2. The summed E-state index contributed by atoms with van der Waals surface area (Å²) in [6.07, 6.45) is 1.08. The van der Waals surface area contributed by atoms with Crippen molar-refractivity contribution in [2.75, 3.05) is 32.8 Å². The number of amidine groups is 1. The summed E-state index contributed by atoms with van der Waals surface area (Å²) in [6.45, 7) is 7.28. The highest BCUT2D eigenvalue weighted by Crippen LogP contribution is 2.13. The van der Waals surface area contributed by atoms with Crippen LogP contribution < -0.4 is 10.1 Å². The summed E-state index contributed by atoms with van der Waals surface area (Å²) in [5, 5.41) is 3.28. The Bertz CT molecular complexity index is 493. The standard InChI is InChI=1S/C16H23N3O2/c1-3-19(4-2)15(20)12-21-14-8-6-13(7-9-14)16-17-10-5-11-18-16/h6-9H,3-5,10-12H2,1-2H3,(H,17,18). The van der Waals surface area contributed by atoms with Gasteiger partial charge in [0, 0.05) is 31.7 Å². The van der Waals surface area contributed by atoms with Crippen LogP contribution in [-0.4, -0.2) is 49.4 Å². The Morgan fingerprint density at radius 1 is 1.29 bits per heavy atom. The van der Waals surface area contributed by atoms with E-state index in [0.29, 0.717) is 18.8 Å². The lowest BCUT2D eigenvalue weighted by Crippen LogP contribution is -2.34. The van der Waals surface area contributed by atoms with E-state index in [4.69, 9.17) is 4.74 Å². The van der Waals surface area contributed by atoms with Gasteiger partial charge in [0.1, 0.15) is 11.6 Å². The molecule has 5 nitrogen and oxygen atoms in total. The zero-order valence-corrected chi connectivity index (χ0v) is 12.8. The average Bonchev–Trinajstić information content (AvgIpc) is 2.55.